The highest BCUT2D eigenvalue weighted by Crippen LogP contribution is 2.14. The molecule has 0 aliphatic rings. The van der Waals surface area contributed by atoms with Crippen molar-refractivity contribution in [2.24, 2.45) is 0 Å². The van der Waals surface area contributed by atoms with E-state index in [9.17, 15) is 4.79 Å². The van der Waals surface area contributed by atoms with Crippen LogP contribution >= 0.6 is 0 Å². The molecule has 2 aromatic rings. The first-order valence-electron chi connectivity index (χ1n) is 6.32. The molecule has 0 aliphatic carbocycles. The first-order chi connectivity index (χ1) is 9.54. The fraction of sp³-hybridized carbons (Fsp3) is 0.267. The Bertz CT molecular complexity index is 592. The molecule has 1 heterocycles. The number of hydrogen-bond donors (Lipinski definition) is 1. The summed E-state index contributed by atoms with van der Waals surface area (Å²) in [5.41, 5.74) is 6.25. The highest BCUT2D eigenvalue weighted by atomic mass is 16.5. The van der Waals surface area contributed by atoms with Gasteiger partial charge in [-0.1, -0.05) is 6.07 Å². The summed E-state index contributed by atoms with van der Waals surface area (Å²) in [4.78, 5) is 13.5. The summed E-state index contributed by atoms with van der Waals surface area (Å²) in [5.74, 6) is 2.04. The molecule has 0 unspecified atom stereocenters. The lowest BCUT2D eigenvalue weighted by Crippen LogP contribution is -2.30. The Kier molecular flexibility index (Phi) is 4.30. The maximum absolute atomic E-state index is 11.9. The largest absolute Gasteiger partial charge is 0.484 e. The van der Waals surface area contributed by atoms with Crippen molar-refractivity contribution in [1.82, 2.24) is 4.90 Å². The van der Waals surface area contributed by atoms with Crippen LogP contribution in [0.1, 0.15) is 11.5 Å². The molecular weight excluding hydrogens is 256 g/mol. The van der Waals surface area contributed by atoms with Crippen LogP contribution in [0.2, 0.25) is 0 Å². The second kappa shape index (κ2) is 6.14. The van der Waals surface area contributed by atoms with Crippen LogP contribution in [0.15, 0.2) is 40.8 Å². The molecule has 0 bridgehead atoms. The summed E-state index contributed by atoms with van der Waals surface area (Å²) in [6.07, 6.45) is 0. The van der Waals surface area contributed by atoms with Crippen molar-refractivity contribution in [3.63, 3.8) is 0 Å². The number of carbonyl (C=O) groups excluding carboxylic acids is 1. The monoisotopic (exact) mass is 274 g/mol. The van der Waals surface area contributed by atoms with Crippen LogP contribution in [0.5, 0.6) is 5.75 Å². The highest BCUT2D eigenvalue weighted by molar-refractivity contribution is 5.77. The fourth-order valence-corrected chi connectivity index (χ4v) is 1.75. The fourth-order valence-electron chi connectivity index (χ4n) is 1.75. The van der Waals surface area contributed by atoms with Gasteiger partial charge in [-0.3, -0.25) is 4.79 Å². The van der Waals surface area contributed by atoms with Gasteiger partial charge in [0.05, 0.1) is 6.54 Å². The number of amides is 1. The van der Waals surface area contributed by atoms with E-state index in [1.54, 1.807) is 36.2 Å². The third kappa shape index (κ3) is 3.78. The van der Waals surface area contributed by atoms with Crippen LogP contribution in [-0.4, -0.2) is 24.5 Å². The van der Waals surface area contributed by atoms with Gasteiger partial charge in [0.15, 0.2) is 6.61 Å². The van der Waals surface area contributed by atoms with E-state index in [2.05, 4.69) is 0 Å². The molecule has 0 spiro atoms. The van der Waals surface area contributed by atoms with Gasteiger partial charge in [-0.15, -0.1) is 0 Å². The average molecular weight is 274 g/mol. The summed E-state index contributed by atoms with van der Waals surface area (Å²) in [6, 6.07) is 10.7. The summed E-state index contributed by atoms with van der Waals surface area (Å²) in [6.45, 7) is 2.26. The van der Waals surface area contributed by atoms with E-state index in [0.717, 1.165) is 11.5 Å². The number of aryl methyl sites for hydroxylation is 1. The maximum atomic E-state index is 11.9. The van der Waals surface area contributed by atoms with E-state index in [-0.39, 0.29) is 12.5 Å². The molecule has 5 heteroatoms. The van der Waals surface area contributed by atoms with E-state index in [1.165, 1.54) is 0 Å². The van der Waals surface area contributed by atoms with Crippen LogP contribution in [-0.2, 0) is 11.3 Å². The molecule has 2 rings (SSSR count). The molecule has 0 aliphatic heterocycles. The van der Waals surface area contributed by atoms with Gasteiger partial charge in [-0.05, 0) is 31.2 Å². The summed E-state index contributed by atoms with van der Waals surface area (Å²) in [7, 11) is 1.71. The molecule has 106 valence electrons. The zero-order valence-electron chi connectivity index (χ0n) is 11.6. The molecule has 2 N–H and O–H groups in total. The predicted molar refractivity (Wildman–Crippen MR) is 76.3 cm³/mol. The average Bonchev–Trinajstić information content (AvgIpc) is 2.81. The van der Waals surface area contributed by atoms with E-state index in [1.807, 2.05) is 19.1 Å². The number of furan rings is 1. The van der Waals surface area contributed by atoms with Crippen molar-refractivity contribution < 1.29 is 13.9 Å². The molecule has 0 radical (unpaired) electrons. The van der Waals surface area contributed by atoms with Gasteiger partial charge >= 0.3 is 0 Å². The van der Waals surface area contributed by atoms with E-state index < -0.39 is 0 Å². The predicted octanol–water partition coefficient (Wildman–Crippen LogP) is 2.21. The number of nitrogens with two attached hydrogens (primary N) is 1. The SMILES string of the molecule is Cc1ccc(CN(C)C(=O)COc2cccc(N)c2)o1. The van der Waals surface area contributed by atoms with Crippen molar-refractivity contribution in [3.8, 4) is 5.75 Å². The molecule has 0 atom stereocenters. The van der Waals surface area contributed by atoms with Gasteiger partial charge in [0, 0.05) is 18.8 Å². The number of nitrogens with zero attached hydrogens (tertiary/aromatic N) is 1. The van der Waals surface area contributed by atoms with Crippen molar-refractivity contribution in [3.05, 3.63) is 47.9 Å². The van der Waals surface area contributed by atoms with Crippen LogP contribution in [0.4, 0.5) is 5.69 Å². The van der Waals surface area contributed by atoms with Crippen LogP contribution in [0.3, 0.4) is 0 Å². The highest BCUT2D eigenvalue weighted by Gasteiger charge is 2.12. The number of benzene rings is 1. The maximum Gasteiger partial charge on any atom is 0.260 e. The molecule has 0 fully saturated rings. The number of likely N-dealkylation sites (N-methyl/N-ethyl adjacent to an activating group) is 1. The Morgan fingerprint density at radius 3 is 2.80 bits per heavy atom. The number of rotatable bonds is 5. The van der Waals surface area contributed by atoms with Gasteiger partial charge in [0.25, 0.3) is 5.91 Å². The molecule has 1 aromatic heterocycles. The minimum atomic E-state index is -0.124. The smallest absolute Gasteiger partial charge is 0.260 e. The number of ether oxygens (including phenoxy) is 1. The number of hydrogen-bond acceptors (Lipinski definition) is 4. The normalized spacial score (nSPS) is 10.3. The Balaban J connectivity index is 1.85. The standard InChI is InChI=1S/C15H18N2O3/c1-11-6-7-14(20-11)9-17(2)15(18)10-19-13-5-3-4-12(16)8-13/h3-8H,9-10,16H2,1-2H3. The Labute approximate surface area is 117 Å². The quantitative estimate of drug-likeness (QED) is 0.849. The first-order valence-corrected chi connectivity index (χ1v) is 6.32. The van der Waals surface area contributed by atoms with E-state index in [0.29, 0.717) is 18.0 Å². The first kappa shape index (κ1) is 14.0. The Morgan fingerprint density at radius 1 is 1.35 bits per heavy atom. The van der Waals surface area contributed by atoms with E-state index in [4.69, 9.17) is 14.9 Å². The summed E-state index contributed by atoms with van der Waals surface area (Å²) < 4.78 is 10.8. The van der Waals surface area contributed by atoms with Gasteiger partial charge < -0.3 is 19.8 Å². The minimum absolute atomic E-state index is 0.0281. The molecule has 5 nitrogen and oxygen atoms in total. The van der Waals surface area contributed by atoms with Crippen LogP contribution in [0, 0.1) is 6.92 Å². The third-order valence-electron chi connectivity index (χ3n) is 2.84. The molecule has 1 amide bonds. The third-order valence-corrected chi connectivity index (χ3v) is 2.84. The van der Waals surface area contributed by atoms with Gasteiger partial charge in [0.2, 0.25) is 0 Å². The summed E-state index contributed by atoms with van der Waals surface area (Å²) >= 11 is 0. The lowest BCUT2D eigenvalue weighted by atomic mass is 10.3. The Hall–Kier alpha value is -2.43. The number of carbonyl (C=O) groups is 1. The zero-order chi connectivity index (χ0) is 14.5. The Morgan fingerprint density at radius 2 is 2.15 bits per heavy atom. The van der Waals surface area contributed by atoms with Crippen molar-refractivity contribution in [2.75, 3.05) is 19.4 Å². The zero-order valence-corrected chi connectivity index (χ0v) is 11.6. The molecule has 20 heavy (non-hydrogen) atoms. The molecule has 0 saturated heterocycles. The van der Waals surface area contributed by atoms with Crippen molar-refractivity contribution in [1.29, 1.82) is 0 Å². The molecule has 0 saturated carbocycles. The lowest BCUT2D eigenvalue weighted by Gasteiger charge is -2.16. The number of nitrogen functional groups attached to an aromatic ring is 1. The van der Waals surface area contributed by atoms with Crippen molar-refractivity contribution >= 4 is 11.6 Å². The van der Waals surface area contributed by atoms with Gasteiger partial charge in [-0.2, -0.15) is 0 Å². The number of anilines is 1. The van der Waals surface area contributed by atoms with Crippen molar-refractivity contribution in [2.45, 2.75) is 13.5 Å². The van der Waals surface area contributed by atoms with Gasteiger partial charge in [0.1, 0.15) is 17.3 Å². The lowest BCUT2D eigenvalue weighted by molar-refractivity contribution is -0.132. The van der Waals surface area contributed by atoms with Gasteiger partial charge in [-0.25, -0.2) is 0 Å². The minimum Gasteiger partial charge on any atom is -0.484 e. The second-order valence-corrected chi connectivity index (χ2v) is 4.62. The van der Waals surface area contributed by atoms with E-state index >= 15 is 0 Å². The molecular formula is C15H18N2O3. The van der Waals surface area contributed by atoms with Crippen LogP contribution in [0.25, 0.3) is 0 Å². The topological polar surface area (TPSA) is 68.7 Å². The molecule has 1 aromatic carbocycles. The van der Waals surface area contributed by atoms with Crippen LogP contribution < -0.4 is 10.5 Å². The second-order valence-electron chi connectivity index (χ2n) is 4.62. The summed E-state index contributed by atoms with van der Waals surface area (Å²) in [5, 5.41) is 0.